The summed E-state index contributed by atoms with van der Waals surface area (Å²) < 4.78 is 6.49. The molecule has 1 unspecified atom stereocenters. The summed E-state index contributed by atoms with van der Waals surface area (Å²) in [6, 6.07) is 15.6. The van der Waals surface area contributed by atoms with Crippen LogP contribution >= 0.6 is 15.9 Å². The highest BCUT2D eigenvalue weighted by Gasteiger charge is 2.09. The van der Waals surface area contributed by atoms with Crippen LogP contribution in [-0.4, -0.2) is 11.7 Å². The topological polar surface area (TPSA) is 29.5 Å². The van der Waals surface area contributed by atoms with E-state index in [1.807, 2.05) is 55.5 Å². The van der Waals surface area contributed by atoms with E-state index in [0.717, 1.165) is 21.3 Å². The van der Waals surface area contributed by atoms with Crippen molar-refractivity contribution in [2.75, 3.05) is 6.61 Å². The van der Waals surface area contributed by atoms with Crippen LogP contribution in [0.2, 0.25) is 0 Å². The molecule has 0 aromatic heterocycles. The average molecular weight is 321 g/mol. The van der Waals surface area contributed by atoms with Crippen LogP contribution in [0.3, 0.4) is 0 Å². The van der Waals surface area contributed by atoms with Crippen LogP contribution in [-0.2, 0) is 6.42 Å². The Balaban J connectivity index is 2.08. The van der Waals surface area contributed by atoms with E-state index in [4.69, 9.17) is 4.74 Å². The summed E-state index contributed by atoms with van der Waals surface area (Å²) >= 11 is 3.40. The maximum absolute atomic E-state index is 10.3. The van der Waals surface area contributed by atoms with Gasteiger partial charge in [0.05, 0.1) is 12.7 Å². The van der Waals surface area contributed by atoms with Crippen molar-refractivity contribution in [3.8, 4) is 5.75 Å². The lowest BCUT2D eigenvalue weighted by molar-refractivity contribution is 0.178. The fourth-order valence-electron chi connectivity index (χ4n) is 1.94. The predicted octanol–water partition coefficient (Wildman–Crippen LogP) is 4.12. The molecule has 0 heterocycles. The molecule has 2 rings (SSSR count). The number of hydrogen-bond acceptors (Lipinski definition) is 2. The molecule has 100 valence electrons. The molecule has 0 spiro atoms. The van der Waals surface area contributed by atoms with Gasteiger partial charge in [0.2, 0.25) is 0 Å². The lowest BCUT2D eigenvalue weighted by Crippen LogP contribution is -2.02. The fourth-order valence-corrected chi connectivity index (χ4v) is 2.20. The summed E-state index contributed by atoms with van der Waals surface area (Å²) in [5, 5.41) is 10.3. The van der Waals surface area contributed by atoms with Gasteiger partial charge in [-0.1, -0.05) is 40.2 Å². The SMILES string of the molecule is CCOc1cccc(C(O)Cc2ccc(Br)cc2)c1. The zero-order chi connectivity index (χ0) is 13.7. The summed E-state index contributed by atoms with van der Waals surface area (Å²) in [4.78, 5) is 0. The zero-order valence-electron chi connectivity index (χ0n) is 10.8. The highest BCUT2D eigenvalue weighted by atomic mass is 79.9. The van der Waals surface area contributed by atoms with Gasteiger partial charge in [0.25, 0.3) is 0 Å². The largest absolute Gasteiger partial charge is 0.494 e. The summed E-state index contributed by atoms with van der Waals surface area (Å²) in [5.74, 6) is 0.801. The van der Waals surface area contributed by atoms with Crippen molar-refractivity contribution in [3.05, 3.63) is 64.1 Å². The minimum Gasteiger partial charge on any atom is -0.494 e. The highest BCUT2D eigenvalue weighted by molar-refractivity contribution is 9.10. The number of hydrogen-bond donors (Lipinski definition) is 1. The Hall–Kier alpha value is -1.32. The molecule has 3 heteroatoms. The Labute approximate surface area is 122 Å². The molecule has 0 fully saturated rings. The Bertz CT molecular complexity index is 523. The number of benzene rings is 2. The van der Waals surface area contributed by atoms with Gasteiger partial charge in [-0.2, -0.15) is 0 Å². The summed E-state index contributed by atoms with van der Waals surface area (Å²) in [6.07, 6.45) is 0.0876. The van der Waals surface area contributed by atoms with Gasteiger partial charge in [0.1, 0.15) is 5.75 Å². The third-order valence-electron chi connectivity index (χ3n) is 2.90. The highest BCUT2D eigenvalue weighted by Crippen LogP contribution is 2.23. The van der Waals surface area contributed by atoms with Crippen LogP contribution in [0.1, 0.15) is 24.2 Å². The number of aliphatic hydroxyl groups excluding tert-OH is 1. The Morgan fingerprint density at radius 3 is 2.58 bits per heavy atom. The summed E-state index contributed by atoms with van der Waals surface area (Å²) in [7, 11) is 0. The standard InChI is InChI=1S/C16H17BrO2/c1-2-19-15-5-3-4-13(11-15)16(18)10-12-6-8-14(17)9-7-12/h3-9,11,16,18H,2,10H2,1H3. The number of halogens is 1. The molecule has 0 aliphatic heterocycles. The van der Waals surface area contributed by atoms with Crippen molar-refractivity contribution >= 4 is 15.9 Å². The van der Waals surface area contributed by atoms with Gasteiger partial charge < -0.3 is 9.84 Å². The van der Waals surface area contributed by atoms with Crippen LogP contribution in [0.4, 0.5) is 0 Å². The first-order valence-corrected chi connectivity index (χ1v) is 7.13. The van der Waals surface area contributed by atoms with Gasteiger partial charge in [0.15, 0.2) is 0 Å². The Morgan fingerprint density at radius 1 is 1.16 bits per heavy atom. The number of ether oxygens (including phenoxy) is 1. The maximum atomic E-state index is 10.3. The summed E-state index contributed by atoms with van der Waals surface area (Å²) in [5.41, 5.74) is 1.99. The van der Waals surface area contributed by atoms with E-state index in [-0.39, 0.29) is 0 Å². The molecule has 2 nitrogen and oxygen atoms in total. The number of rotatable bonds is 5. The second-order valence-corrected chi connectivity index (χ2v) is 5.27. The van der Waals surface area contributed by atoms with Crippen molar-refractivity contribution < 1.29 is 9.84 Å². The first-order chi connectivity index (χ1) is 9.19. The van der Waals surface area contributed by atoms with Crippen molar-refractivity contribution in [2.24, 2.45) is 0 Å². The Morgan fingerprint density at radius 2 is 1.89 bits per heavy atom. The van der Waals surface area contributed by atoms with Crippen molar-refractivity contribution in [2.45, 2.75) is 19.4 Å². The smallest absolute Gasteiger partial charge is 0.119 e. The maximum Gasteiger partial charge on any atom is 0.119 e. The third kappa shape index (κ3) is 4.08. The van der Waals surface area contributed by atoms with Crippen LogP contribution in [0, 0.1) is 0 Å². The third-order valence-corrected chi connectivity index (χ3v) is 3.42. The van der Waals surface area contributed by atoms with Gasteiger partial charge in [-0.15, -0.1) is 0 Å². The number of aliphatic hydroxyl groups is 1. The molecule has 0 aliphatic carbocycles. The second-order valence-electron chi connectivity index (χ2n) is 4.35. The van der Waals surface area contributed by atoms with Gasteiger partial charge in [-0.25, -0.2) is 0 Å². The lowest BCUT2D eigenvalue weighted by Gasteiger charge is -2.13. The molecule has 2 aromatic carbocycles. The van der Waals surface area contributed by atoms with Crippen LogP contribution in [0.5, 0.6) is 5.75 Å². The molecule has 1 N–H and O–H groups in total. The predicted molar refractivity (Wildman–Crippen MR) is 80.4 cm³/mol. The average Bonchev–Trinajstić information content (AvgIpc) is 2.42. The monoisotopic (exact) mass is 320 g/mol. The molecule has 19 heavy (non-hydrogen) atoms. The van der Waals surface area contributed by atoms with E-state index < -0.39 is 6.10 Å². The quantitative estimate of drug-likeness (QED) is 0.897. The molecule has 2 aromatic rings. The van der Waals surface area contributed by atoms with E-state index in [2.05, 4.69) is 15.9 Å². The first kappa shape index (κ1) is 14.1. The van der Waals surface area contributed by atoms with Crippen LogP contribution in [0.25, 0.3) is 0 Å². The zero-order valence-corrected chi connectivity index (χ0v) is 12.4. The lowest BCUT2D eigenvalue weighted by atomic mass is 10.0. The minimum atomic E-state index is -0.512. The van der Waals surface area contributed by atoms with Gasteiger partial charge in [-0.05, 0) is 42.3 Å². The minimum absolute atomic E-state index is 0.512. The molecule has 0 bridgehead atoms. The van der Waals surface area contributed by atoms with Gasteiger partial charge in [-0.3, -0.25) is 0 Å². The fraction of sp³-hybridized carbons (Fsp3) is 0.250. The molecule has 0 radical (unpaired) electrons. The molecule has 1 atom stereocenters. The van der Waals surface area contributed by atoms with Crippen molar-refractivity contribution in [1.29, 1.82) is 0 Å². The second kappa shape index (κ2) is 6.73. The Kier molecular flexibility index (Phi) is 5.00. The van der Waals surface area contributed by atoms with E-state index in [9.17, 15) is 5.11 Å². The van der Waals surface area contributed by atoms with Crippen molar-refractivity contribution in [1.82, 2.24) is 0 Å². The summed E-state index contributed by atoms with van der Waals surface area (Å²) in [6.45, 7) is 2.58. The van der Waals surface area contributed by atoms with E-state index in [1.54, 1.807) is 0 Å². The van der Waals surface area contributed by atoms with E-state index in [1.165, 1.54) is 0 Å². The van der Waals surface area contributed by atoms with E-state index >= 15 is 0 Å². The van der Waals surface area contributed by atoms with Gasteiger partial charge >= 0.3 is 0 Å². The van der Waals surface area contributed by atoms with Crippen LogP contribution < -0.4 is 4.74 Å². The molecular formula is C16H17BrO2. The normalized spacial score (nSPS) is 12.2. The molecule has 0 saturated carbocycles. The first-order valence-electron chi connectivity index (χ1n) is 6.34. The van der Waals surface area contributed by atoms with E-state index in [0.29, 0.717) is 13.0 Å². The molecule has 0 saturated heterocycles. The molecule has 0 amide bonds. The molecular weight excluding hydrogens is 304 g/mol. The van der Waals surface area contributed by atoms with Crippen LogP contribution in [0.15, 0.2) is 53.0 Å². The molecule has 0 aliphatic rings. The van der Waals surface area contributed by atoms with Crippen molar-refractivity contribution in [3.63, 3.8) is 0 Å². The van der Waals surface area contributed by atoms with Gasteiger partial charge in [0, 0.05) is 10.9 Å².